The van der Waals surface area contributed by atoms with Gasteiger partial charge in [0.05, 0.1) is 0 Å². The summed E-state index contributed by atoms with van der Waals surface area (Å²) in [6.45, 7) is 1.58. The second kappa shape index (κ2) is 3.84. The number of nitrogens with two attached hydrogens (primary N) is 2. The average Bonchev–Trinajstić information content (AvgIpc) is 1.85. The van der Waals surface area contributed by atoms with Crippen molar-refractivity contribution >= 4 is 11.8 Å². The number of amides is 2. The van der Waals surface area contributed by atoms with E-state index < -0.39 is 11.8 Å². The van der Waals surface area contributed by atoms with Gasteiger partial charge in [-0.2, -0.15) is 0 Å². The van der Waals surface area contributed by atoms with Crippen molar-refractivity contribution in [3.05, 3.63) is 0 Å². The summed E-state index contributed by atoms with van der Waals surface area (Å²) in [4.78, 5) is 20.8. The Morgan fingerprint density at radius 2 is 2.10 bits per heavy atom. The van der Waals surface area contributed by atoms with Crippen LogP contribution in [0, 0.1) is 5.92 Å². The second-order valence-electron chi connectivity index (χ2n) is 2.08. The summed E-state index contributed by atoms with van der Waals surface area (Å²) in [5.74, 6) is 3.48. The molecule has 5 N–H and O–H groups in total. The number of hydrazine groups is 1. The smallest absolute Gasteiger partial charge is 0.237 e. The lowest BCUT2D eigenvalue weighted by atomic mass is 10.1. The van der Waals surface area contributed by atoms with Crippen LogP contribution in [0.15, 0.2) is 0 Å². The third-order valence-corrected chi connectivity index (χ3v) is 1.10. The predicted octanol–water partition coefficient (Wildman–Crippen LogP) is -1.51. The van der Waals surface area contributed by atoms with Crippen LogP contribution < -0.4 is 17.0 Å². The molecule has 10 heavy (non-hydrogen) atoms. The van der Waals surface area contributed by atoms with Gasteiger partial charge in [0, 0.05) is 12.3 Å². The Bertz CT molecular complexity index is 146. The average molecular weight is 145 g/mol. The van der Waals surface area contributed by atoms with E-state index in [-0.39, 0.29) is 12.3 Å². The second-order valence-corrected chi connectivity index (χ2v) is 2.08. The van der Waals surface area contributed by atoms with Crippen LogP contribution in [-0.2, 0) is 9.59 Å². The SMILES string of the molecule is CC(CC(N)=O)C(=O)NN. The van der Waals surface area contributed by atoms with Gasteiger partial charge in [-0.25, -0.2) is 5.84 Å². The lowest BCUT2D eigenvalue weighted by Crippen LogP contribution is -2.36. The van der Waals surface area contributed by atoms with E-state index in [1.165, 1.54) is 0 Å². The molecular weight excluding hydrogens is 134 g/mol. The molecule has 0 aliphatic carbocycles. The standard InChI is InChI=1S/C5H11N3O2/c1-3(2-4(6)9)5(10)8-7/h3H,2,7H2,1H3,(H2,6,9)(H,8,10). The van der Waals surface area contributed by atoms with Crippen molar-refractivity contribution in [2.45, 2.75) is 13.3 Å². The highest BCUT2D eigenvalue weighted by atomic mass is 16.2. The van der Waals surface area contributed by atoms with E-state index in [4.69, 9.17) is 11.6 Å². The number of hydrogen-bond donors (Lipinski definition) is 3. The van der Waals surface area contributed by atoms with Gasteiger partial charge >= 0.3 is 0 Å². The zero-order valence-corrected chi connectivity index (χ0v) is 5.76. The van der Waals surface area contributed by atoms with Gasteiger partial charge in [0.25, 0.3) is 0 Å². The molecule has 0 saturated carbocycles. The molecule has 0 aromatic heterocycles. The van der Waals surface area contributed by atoms with Crippen molar-refractivity contribution in [3.63, 3.8) is 0 Å². The van der Waals surface area contributed by atoms with E-state index in [0.29, 0.717) is 0 Å². The van der Waals surface area contributed by atoms with Crippen LogP contribution in [0.25, 0.3) is 0 Å². The van der Waals surface area contributed by atoms with E-state index >= 15 is 0 Å². The fourth-order valence-electron chi connectivity index (χ4n) is 0.537. The summed E-state index contributed by atoms with van der Waals surface area (Å²) in [7, 11) is 0. The molecule has 0 radical (unpaired) electrons. The zero-order chi connectivity index (χ0) is 8.15. The van der Waals surface area contributed by atoms with Crippen LogP contribution in [0.5, 0.6) is 0 Å². The molecule has 0 saturated heterocycles. The summed E-state index contributed by atoms with van der Waals surface area (Å²) in [6, 6.07) is 0. The fourth-order valence-corrected chi connectivity index (χ4v) is 0.537. The van der Waals surface area contributed by atoms with Crippen LogP contribution in [-0.4, -0.2) is 11.8 Å². The number of rotatable bonds is 3. The number of carbonyl (C=O) groups excluding carboxylic acids is 2. The minimum absolute atomic E-state index is 0.0308. The van der Waals surface area contributed by atoms with Crippen LogP contribution in [0.1, 0.15) is 13.3 Å². The van der Waals surface area contributed by atoms with E-state index in [1.807, 2.05) is 5.43 Å². The predicted molar refractivity (Wildman–Crippen MR) is 35.3 cm³/mol. The first kappa shape index (κ1) is 8.90. The Morgan fingerprint density at radius 3 is 2.40 bits per heavy atom. The first-order valence-corrected chi connectivity index (χ1v) is 2.86. The van der Waals surface area contributed by atoms with Gasteiger partial charge in [0.2, 0.25) is 11.8 Å². The van der Waals surface area contributed by atoms with Crippen molar-refractivity contribution in [3.8, 4) is 0 Å². The molecule has 1 unspecified atom stereocenters. The molecule has 0 heterocycles. The molecule has 0 aromatic carbocycles. The number of nitrogens with one attached hydrogen (secondary N) is 1. The molecule has 0 aliphatic heterocycles. The molecule has 0 aliphatic rings. The molecule has 1 atom stereocenters. The van der Waals surface area contributed by atoms with Crippen LogP contribution in [0.2, 0.25) is 0 Å². The summed E-state index contributed by atoms with van der Waals surface area (Å²) in [6.07, 6.45) is 0.0308. The summed E-state index contributed by atoms with van der Waals surface area (Å²) in [5.41, 5.74) is 6.75. The summed E-state index contributed by atoms with van der Waals surface area (Å²) >= 11 is 0. The Hall–Kier alpha value is -1.10. The van der Waals surface area contributed by atoms with E-state index in [1.54, 1.807) is 6.92 Å². The van der Waals surface area contributed by atoms with Gasteiger partial charge in [-0.15, -0.1) is 0 Å². The molecule has 0 spiro atoms. The number of hydrogen-bond acceptors (Lipinski definition) is 3. The van der Waals surface area contributed by atoms with Crippen molar-refractivity contribution in [2.75, 3.05) is 0 Å². The zero-order valence-electron chi connectivity index (χ0n) is 5.76. The van der Waals surface area contributed by atoms with Crippen LogP contribution in [0.3, 0.4) is 0 Å². The lowest BCUT2D eigenvalue weighted by Gasteiger charge is -2.05. The Balaban J connectivity index is 3.72. The highest BCUT2D eigenvalue weighted by Gasteiger charge is 2.13. The van der Waals surface area contributed by atoms with Crippen molar-refractivity contribution < 1.29 is 9.59 Å². The maximum absolute atomic E-state index is 10.6. The Morgan fingerprint density at radius 1 is 1.60 bits per heavy atom. The number of carbonyl (C=O) groups is 2. The van der Waals surface area contributed by atoms with Gasteiger partial charge in [0.1, 0.15) is 0 Å². The maximum Gasteiger partial charge on any atom is 0.237 e. The molecule has 2 amide bonds. The normalized spacial score (nSPS) is 12.2. The Labute approximate surface area is 58.7 Å². The molecule has 58 valence electrons. The fraction of sp³-hybridized carbons (Fsp3) is 0.600. The summed E-state index contributed by atoms with van der Waals surface area (Å²) < 4.78 is 0. The third-order valence-electron chi connectivity index (χ3n) is 1.10. The van der Waals surface area contributed by atoms with Crippen LogP contribution >= 0.6 is 0 Å². The molecule has 0 aromatic rings. The minimum atomic E-state index is -0.504. The topological polar surface area (TPSA) is 98.2 Å². The monoisotopic (exact) mass is 145 g/mol. The highest BCUT2D eigenvalue weighted by molar-refractivity contribution is 5.84. The van der Waals surface area contributed by atoms with Gasteiger partial charge in [-0.05, 0) is 0 Å². The largest absolute Gasteiger partial charge is 0.370 e. The van der Waals surface area contributed by atoms with E-state index in [9.17, 15) is 9.59 Å². The molecule has 0 bridgehead atoms. The van der Waals surface area contributed by atoms with Gasteiger partial charge in [-0.3, -0.25) is 15.0 Å². The van der Waals surface area contributed by atoms with Crippen molar-refractivity contribution in [1.82, 2.24) is 5.43 Å². The molecule has 5 heteroatoms. The maximum atomic E-state index is 10.6. The lowest BCUT2D eigenvalue weighted by molar-refractivity contribution is -0.128. The summed E-state index contributed by atoms with van der Waals surface area (Å²) in [5, 5.41) is 0. The van der Waals surface area contributed by atoms with Crippen LogP contribution in [0.4, 0.5) is 0 Å². The third kappa shape index (κ3) is 3.03. The molecular formula is C5H11N3O2. The quantitative estimate of drug-likeness (QED) is 0.256. The first-order chi connectivity index (χ1) is 4.57. The van der Waals surface area contributed by atoms with Gasteiger partial charge in [-0.1, -0.05) is 6.92 Å². The van der Waals surface area contributed by atoms with E-state index in [2.05, 4.69) is 0 Å². The molecule has 5 nitrogen and oxygen atoms in total. The van der Waals surface area contributed by atoms with Crippen molar-refractivity contribution in [1.29, 1.82) is 0 Å². The van der Waals surface area contributed by atoms with Crippen molar-refractivity contribution in [2.24, 2.45) is 17.5 Å². The van der Waals surface area contributed by atoms with E-state index in [0.717, 1.165) is 0 Å². The Kier molecular flexibility index (Phi) is 3.42. The highest BCUT2D eigenvalue weighted by Crippen LogP contribution is 1.98. The van der Waals surface area contributed by atoms with Gasteiger partial charge in [0.15, 0.2) is 0 Å². The molecule has 0 rings (SSSR count). The number of primary amides is 1. The minimum Gasteiger partial charge on any atom is -0.370 e. The van der Waals surface area contributed by atoms with Gasteiger partial charge < -0.3 is 5.73 Å². The first-order valence-electron chi connectivity index (χ1n) is 2.86. The molecule has 0 fully saturated rings.